The Balaban J connectivity index is 1.59. The van der Waals surface area contributed by atoms with Crippen molar-refractivity contribution in [3.63, 3.8) is 0 Å². The van der Waals surface area contributed by atoms with E-state index in [0.29, 0.717) is 5.92 Å². The van der Waals surface area contributed by atoms with Crippen LogP contribution in [0.3, 0.4) is 0 Å². The molecule has 0 N–H and O–H groups in total. The van der Waals surface area contributed by atoms with Crippen LogP contribution in [0.1, 0.15) is 35.8 Å². The summed E-state index contributed by atoms with van der Waals surface area (Å²) in [5.74, 6) is 1.26. The average Bonchev–Trinajstić information content (AvgIpc) is 2.70. The SMILES string of the molecule is Cc1ncc(-c2ccncc2)c([C@@H]2CCCN(Cc3ccncc3)C2)n1. The lowest BCUT2D eigenvalue weighted by atomic mass is 9.90. The highest BCUT2D eigenvalue weighted by Crippen LogP contribution is 2.33. The minimum Gasteiger partial charge on any atom is -0.298 e. The molecule has 0 saturated carbocycles. The van der Waals surface area contributed by atoms with Crippen molar-refractivity contribution in [1.82, 2.24) is 24.8 Å². The molecule has 0 unspecified atom stereocenters. The maximum Gasteiger partial charge on any atom is 0.125 e. The van der Waals surface area contributed by atoms with Gasteiger partial charge in [0.2, 0.25) is 0 Å². The molecule has 1 fully saturated rings. The van der Waals surface area contributed by atoms with Crippen LogP contribution >= 0.6 is 0 Å². The fourth-order valence-corrected chi connectivity index (χ4v) is 3.72. The van der Waals surface area contributed by atoms with Crippen LogP contribution in [0, 0.1) is 6.92 Å². The summed E-state index contributed by atoms with van der Waals surface area (Å²) in [5.41, 5.74) is 4.76. The van der Waals surface area contributed by atoms with E-state index in [1.54, 1.807) is 0 Å². The molecule has 132 valence electrons. The Labute approximate surface area is 154 Å². The van der Waals surface area contributed by atoms with Crippen LogP contribution in [0.25, 0.3) is 11.1 Å². The predicted molar refractivity (Wildman–Crippen MR) is 101 cm³/mol. The molecule has 1 atom stereocenters. The third kappa shape index (κ3) is 3.78. The van der Waals surface area contributed by atoms with Gasteiger partial charge >= 0.3 is 0 Å². The molecule has 3 aromatic heterocycles. The van der Waals surface area contributed by atoms with Gasteiger partial charge in [-0.05, 0) is 61.7 Å². The maximum absolute atomic E-state index is 4.85. The summed E-state index contributed by atoms with van der Waals surface area (Å²) in [5, 5.41) is 0. The van der Waals surface area contributed by atoms with Crippen LogP contribution in [-0.2, 0) is 6.54 Å². The van der Waals surface area contributed by atoms with Crippen molar-refractivity contribution >= 4 is 0 Å². The zero-order chi connectivity index (χ0) is 17.8. The zero-order valence-corrected chi connectivity index (χ0v) is 15.0. The molecule has 0 aliphatic carbocycles. The molecule has 1 saturated heterocycles. The van der Waals surface area contributed by atoms with Gasteiger partial charge in [-0.15, -0.1) is 0 Å². The summed E-state index contributed by atoms with van der Waals surface area (Å²) >= 11 is 0. The molecule has 0 spiro atoms. The van der Waals surface area contributed by atoms with Crippen molar-refractivity contribution in [3.05, 3.63) is 72.3 Å². The van der Waals surface area contributed by atoms with Gasteiger partial charge in [0, 0.05) is 55.6 Å². The van der Waals surface area contributed by atoms with Crippen LogP contribution in [0.15, 0.2) is 55.2 Å². The highest BCUT2D eigenvalue weighted by atomic mass is 15.1. The van der Waals surface area contributed by atoms with E-state index in [2.05, 4.69) is 32.0 Å². The Morgan fingerprint density at radius 2 is 1.77 bits per heavy atom. The molecule has 4 rings (SSSR count). The lowest BCUT2D eigenvalue weighted by Crippen LogP contribution is -2.34. The van der Waals surface area contributed by atoms with E-state index in [0.717, 1.165) is 36.6 Å². The number of rotatable bonds is 4. The fourth-order valence-electron chi connectivity index (χ4n) is 3.72. The van der Waals surface area contributed by atoms with E-state index in [1.807, 2.05) is 50.0 Å². The molecular weight excluding hydrogens is 322 g/mol. The average molecular weight is 345 g/mol. The predicted octanol–water partition coefficient (Wildman–Crippen LogP) is 3.62. The van der Waals surface area contributed by atoms with Crippen molar-refractivity contribution in [3.8, 4) is 11.1 Å². The summed E-state index contributed by atoms with van der Waals surface area (Å²) in [7, 11) is 0. The quantitative estimate of drug-likeness (QED) is 0.723. The first-order valence-corrected chi connectivity index (χ1v) is 9.15. The van der Waals surface area contributed by atoms with Crippen LogP contribution in [0.4, 0.5) is 0 Å². The van der Waals surface area contributed by atoms with Crippen molar-refractivity contribution in [2.45, 2.75) is 32.2 Å². The molecule has 5 heteroatoms. The Morgan fingerprint density at radius 3 is 2.54 bits per heavy atom. The first kappa shape index (κ1) is 16.8. The van der Waals surface area contributed by atoms with Gasteiger partial charge in [-0.3, -0.25) is 14.9 Å². The molecule has 0 bridgehead atoms. The number of hydrogen-bond acceptors (Lipinski definition) is 5. The molecule has 3 aromatic rings. The monoisotopic (exact) mass is 345 g/mol. The van der Waals surface area contributed by atoms with E-state index in [9.17, 15) is 0 Å². The van der Waals surface area contributed by atoms with Gasteiger partial charge < -0.3 is 0 Å². The molecule has 4 heterocycles. The van der Waals surface area contributed by atoms with Gasteiger partial charge in [0.05, 0.1) is 5.69 Å². The minimum absolute atomic E-state index is 0.426. The lowest BCUT2D eigenvalue weighted by Gasteiger charge is -2.33. The van der Waals surface area contributed by atoms with E-state index in [1.165, 1.54) is 24.1 Å². The summed E-state index contributed by atoms with van der Waals surface area (Å²) in [6, 6.07) is 8.27. The lowest BCUT2D eigenvalue weighted by molar-refractivity contribution is 0.198. The second kappa shape index (κ2) is 7.70. The standard InChI is InChI=1S/C21H23N5/c1-16-24-13-20(18-6-10-23-11-7-18)21(25-16)19-3-2-12-26(15-19)14-17-4-8-22-9-5-17/h4-11,13,19H,2-3,12,14-15H2,1H3/t19-/m1/s1. The fraction of sp³-hybridized carbons (Fsp3) is 0.333. The first-order valence-electron chi connectivity index (χ1n) is 9.15. The first-order chi connectivity index (χ1) is 12.8. The molecule has 0 aromatic carbocycles. The summed E-state index contributed by atoms with van der Waals surface area (Å²) < 4.78 is 0. The highest BCUT2D eigenvalue weighted by molar-refractivity contribution is 5.65. The van der Waals surface area contributed by atoms with Gasteiger partial charge in [-0.2, -0.15) is 0 Å². The summed E-state index contributed by atoms with van der Waals surface area (Å²) in [6.07, 6.45) is 11.7. The number of likely N-dealkylation sites (tertiary alicyclic amines) is 1. The molecule has 5 nitrogen and oxygen atoms in total. The maximum atomic E-state index is 4.85. The summed E-state index contributed by atoms with van der Waals surface area (Å²) in [6.45, 7) is 5.09. The molecular formula is C21H23N5. The number of nitrogens with zero attached hydrogens (tertiary/aromatic N) is 5. The van der Waals surface area contributed by atoms with Gasteiger partial charge in [0.1, 0.15) is 5.82 Å². The van der Waals surface area contributed by atoms with Gasteiger partial charge in [-0.1, -0.05) is 0 Å². The third-order valence-electron chi connectivity index (χ3n) is 4.98. The van der Waals surface area contributed by atoms with Gasteiger partial charge in [0.25, 0.3) is 0 Å². The molecule has 1 aliphatic rings. The second-order valence-electron chi connectivity index (χ2n) is 6.88. The largest absolute Gasteiger partial charge is 0.298 e. The number of aryl methyl sites for hydroxylation is 1. The smallest absolute Gasteiger partial charge is 0.125 e. The Bertz CT molecular complexity index is 851. The van der Waals surface area contributed by atoms with E-state index in [4.69, 9.17) is 4.98 Å². The molecule has 0 amide bonds. The molecule has 1 aliphatic heterocycles. The Morgan fingerprint density at radius 1 is 1.04 bits per heavy atom. The van der Waals surface area contributed by atoms with E-state index < -0.39 is 0 Å². The number of hydrogen-bond donors (Lipinski definition) is 0. The zero-order valence-electron chi connectivity index (χ0n) is 15.0. The summed E-state index contributed by atoms with van der Waals surface area (Å²) in [4.78, 5) is 20.1. The highest BCUT2D eigenvalue weighted by Gasteiger charge is 2.25. The van der Waals surface area contributed by atoms with Gasteiger partial charge in [-0.25, -0.2) is 9.97 Å². The van der Waals surface area contributed by atoms with Crippen molar-refractivity contribution in [1.29, 1.82) is 0 Å². The van der Waals surface area contributed by atoms with Crippen molar-refractivity contribution in [2.75, 3.05) is 13.1 Å². The number of aromatic nitrogens is 4. The third-order valence-corrected chi connectivity index (χ3v) is 4.98. The van der Waals surface area contributed by atoms with Crippen LogP contribution in [0.5, 0.6) is 0 Å². The van der Waals surface area contributed by atoms with Crippen LogP contribution in [0.2, 0.25) is 0 Å². The number of piperidine rings is 1. The van der Waals surface area contributed by atoms with Crippen molar-refractivity contribution in [2.24, 2.45) is 0 Å². The number of pyridine rings is 2. The minimum atomic E-state index is 0.426. The topological polar surface area (TPSA) is 54.8 Å². The van der Waals surface area contributed by atoms with E-state index >= 15 is 0 Å². The van der Waals surface area contributed by atoms with Crippen molar-refractivity contribution < 1.29 is 0 Å². The van der Waals surface area contributed by atoms with Gasteiger partial charge in [0.15, 0.2) is 0 Å². The molecule has 0 radical (unpaired) electrons. The second-order valence-corrected chi connectivity index (χ2v) is 6.88. The molecule has 26 heavy (non-hydrogen) atoms. The van der Waals surface area contributed by atoms with Crippen LogP contribution < -0.4 is 0 Å². The van der Waals surface area contributed by atoms with Crippen LogP contribution in [-0.4, -0.2) is 37.9 Å². The Hall–Kier alpha value is -2.66. The Kier molecular flexibility index (Phi) is 4.97. The normalized spacial score (nSPS) is 18.0. The van der Waals surface area contributed by atoms with E-state index in [-0.39, 0.29) is 0 Å².